The molecule has 0 bridgehead atoms. The van der Waals surface area contributed by atoms with E-state index < -0.39 is 12.1 Å². The normalized spacial score (nSPS) is 16.5. The summed E-state index contributed by atoms with van der Waals surface area (Å²) in [5.74, 6) is 0.312. The number of aromatic nitrogens is 4. The number of carbonyl (C=O) groups is 1. The largest absolute Gasteiger partial charge is 0.391 e. The van der Waals surface area contributed by atoms with Crippen molar-refractivity contribution in [3.63, 3.8) is 0 Å². The number of rotatable bonds is 7. The van der Waals surface area contributed by atoms with Crippen molar-refractivity contribution in [1.82, 2.24) is 25.1 Å². The topological polar surface area (TPSA) is 84.1 Å². The van der Waals surface area contributed by atoms with E-state index in [4.69, 9.17) is 0 Å². The molecule has 1 aliphatic carbocycles. The van der Waals surface area contributed by atoms with Gasteiger partial charge in [-0.05, 0) is 53.8 Å². The first-order valence-electron chi connectivity index (χ1n) is 8.37. The van der Waals surface area contributed by atoms with Crippen LogP contribution in [0.4, 0.5) is 4.39 Å². The van der Waals surface area contributed by atoms with Gasteiger partial charge >= 0.3 is 0 Å². The van der Waals surface area contributed by atoms with Crippen molar-refractivity contribution in [2.24, 2.45) is 5.92 Å². The number of hydrogen-bond acceptors (Lipinski definition) is 5. The molecule has 2 atom stereocenters. The Morgan fingerprint density at radius 1 is 1.40 bits per heavy atom. The molecule has 1 saturated carbocycles. The van der Waals surface area contributed by atoms with Crippen molar-refractivity contribution < 1.29 is 14.3 Å². The third-order valence-electron chi connectivity index (χ3n) is 4.58. The molecule has 1 aliphatic rings. The fourth-order valence-electron chi connectivity index (χ4n) is 2.90. The Morgan fingerprint density at radius 2 is 2.08 bits per heavy atom. The lowest BCUT2D eigenvalue weighted by atomic mass is 10.0. The molecule has 2 aromatic rings. The second-order valence-electron chi connectivity index (χ2n) is 6.64. The van der Waals surface area contributed by atoms with Crippen LogP contribution in [0.3, 0.4) is 0 Å². The molecule has 7 nitrogen and oxygen atoms in total. The molecule has 1 N–H and O–H groups in total. The minimum atomic E-state index is -0.642. The van der Waals surface area contributed by atoms with Gasteiger partial charge in [-0.3, -0.25) is 4.79 Å². The number of nitrogens with zero attached hydrogens (tertiary/aromatic N) is 5. The second kappa shape index (κ2) is 7.26. The van der Waals surface area contributed by atoms with Crippen LogP contribution in [0.1, 0.15) is 30.3 Å². The molecule has 0 aliphatic heterocycles. The highest BCUT2D eigenvalue weighted by molar-refractivity contribution is 5.80. The average molecular weight is 347 g/mol. The molecule has 2 unspecified atom stereocenters. The first-order chi connectivity index (χ1) is 12.0. The zero-order valence-corrected chi connectivity index (χ0v) is 14.3. The first kappa shape index (κ1) is 17.5. The van der Waals surface area contributed by atoms with E-state index in [-0.39, 0.29) is 18.3 Å². The van der Waals surface area contributed by atoms with E-state index in [0.29, 0.717) is 18.2 Å². The molecular weight excluding hydrogens is 325 g/mol. The minimum Gasteiger partial charge on any atom is -0.391 e. The van der Waals surface area contributed by atoms with Gasteiger partial charge in [0.05, 0.1) is 6.10 Å². The second-order valence-corrected chi connectivity index (χ2v) is 6.64. The van der Waals surface area contributed by atoms with E-state index >= 15 is 0 Å². The molecule has 1 fully saturated rings. The molecule has 1 aromatic carbocycles. The molecule has 1 aromatic heterocycles. The van der Waals surface area contributed by atoms with E-state index in [1.54, 1.807) is 26.1 Å². The fraction of sp³-hybridized carbons (Fsp3) is 0.529. The number of hydrogen-bond donors (Lipinski definition) is 1. The van der Waals surface area contributed by atoms with Gasteiger partial charge in [0.25, 0.3) is 0 Å². The van der Waals surface area contributed by atoms with Crippen LogP contribution in [-0.2, 0) is 11.2 Å². The maximum absolute atomic E-state index is 13.1. The summed E-state index contributed by atoms with van der Waals surface area (Å²) in [5.41, 5.74) is 0.811. The van der Waals surface area contributed by atoms with Crippen LogP contribution in [0, 0.1) is 18.7 Å². The van der Waals surface area contributed by atoms with Crippen LogP contribution in [0.2, 0.25) is 0 Å². The van der Waals surface area contributed by atoms with Crippen molar-refractivity contribution >= 4 is 5.91 Å². The van der Waals surface area contributed by atoms with Gasteiger partial charge in [0.1, 0.15) is 17.7 Å². The molecule has 134 valence electrons. The molecule has 0 spiro atoms. The summed E-state index contributed by atoms with van der Waals surface area (Å²) in [6.07, 6.45) is 1.85. The number of carbonyl (C=O) groups excluding carboxylic acids is 1. The number of benzene rings is 1. The zero-order chi connectivity index (χ0) is 18.0. The van der Waals surface area contributed by atoms with E-state index in [2.05, 4.69) is 15.5 Å². The van der Waals surface area contributed by atoms with Gasteiger partial charge < -0.3 is 10.0 Å². The number of halogens is 1. The molecular formula is C17H22FN5O2. The fourth-order valence-corrected chi connectivity index (χ4v) is 2.90. The standard InChI is InChI=1S/C17H22FN5O2/c1-11-19-20-21-23(11)15(9-12-3-7-14(18)8-4-12)17(25)22(2)10-16(24)13-5-6-13/h3-4,7-8,13,15-16,24H,5-6,9-10H2,1-2H3. The number of tetrazole rings is 1. The van der Waals surface area contributed by atoms with E-state index in [9.17, 15) is 14.3 Å². The highest BCUT2D eigenvalue weighted by Gasteiger charge is 2.33. The van der Waals surface area contributed by atoms with Crippen LogP contribution in [0.15, 0.2) is 24.3 Å². The van der Waals surface area contributed by atoms with E-state index in [0.717, 1.165) is 18.4 Å². The van der Waals surface area contributed by atoms with Gasteiger partial charge in [0.15, 0.2) is 0 Å². The quantitative estimate of drug-likeness (QED) is 0.812. The van der Waals surface area contributed by atoms with Crippen molar-refractivity contribution in [3.05, 3.63) is 41.5 Å². The lowest BCUT2D eigenvalue weighted by Crippen LogP contribution is -2.41. The summed E-state index contributed by atoms with van der Waals surface area (Å²) < 4.78 is 14.6. The summed E-state index contributed by atoms with van der Waals surface area (Å²) in [4.78, 5) is 14.5. The average Bonchev–Trinajstić information content (AvgIpc) is 3.36. The third kappa shape index (κ3) is 4.19. The monoisotopic (exact) mass is 347 g/mol. The predicted molar refractivity (Wildman–Crippen MR) is 88.1 cm³/mol. The molecule has 1 amide bonds. The molecule has 25 heavy (non-hydrogen) atoms. The minimum absolute atomic E-state index is 0.181. The number of aryl methyl sites for hydroxylation is 1. The highest BCUT2D eigenvalue weighted by atomic mass is 19.1. The van der Waals surface area contributed by atoms with Crippen LogP contribution in [-0.4, -0.2) is 55.8 Å². The summed E-state index contributed by atoms with van der Waals surface area (Å²) in [7, 11) is 1.67. The SMILES string of the molecule is Cc1nnnn1C(Cc1ccc(F)cc1)C(=O)N(C)CC(O)C1CC1. The predicted octanol–water partition coefficient (Wildman–Crippen LogP) is 1.13. The van der Waals surface area contributed by atoms with E-state index in [1.165, 1.54) is 21.7 Å². The Kier molecular flexibility index (Phi) is 5.08. The van der Waals surface area contributed by atoms with Gasteiger partial charge in [0, 0.05) is 20.0 Å². The Bertz CT molecular complexity index is 729. The summed E-state index contributed by atoms with van der Waals surface area (Å²) >= 11 is 0. The van der Waals surface area contributed by atoms with Gasteiger partial charge in [-0.25, -0.2) is 9.07 Å². The van der Waals surface area contributed by atoms with Gasteiger partial charge in [-0.1, -0.05) is 12.1 Å². The lowest BCUT2D eigenvalue weighted by Gasteiger charge is -2.26. The maximum atomic E-state index is 13.1. The Balaban J connectivity index is 1.78. The maximum Gasteiger partial charge on any atom is 0.247 e. The third-order valence-corrected chi connectivity index (χ3v) is 4.58. The van der Waals surface area contributed by atoms with Crippen LogP contribution >= 0.6 is 0 Å². The number of aliphatic hydroxyl groups excluding tert-OH is 1. The zero-order valence-electron chi connectivity index (χ0n) is 14.3. The van der Waals surface area contributed by atoms with E-state index in [1.807, 2.05) is 0 Å². The van der Waals surface area contributed by atoms with Gasteiger partial charge in [0.2, 0.25) is 5.91 Å². The van der Waals surface area contributed by atoms with Gasteiger partial charge in [-0.2, -0.15) is 0 Å². The molecule has 1 heterocycles. The lowest BCUT2D eigenvalue weighted by molar-refractivity contribution is -0.135. The molecule has 3 rings (SSSR count). The van der Waals surface area contributed by atoms with Crippen LogP contribution < -0.4 is 0 Å². The smallest absolute Gasteiger partial charge is 0.247 e. The van der Waals surface area contributed by atoms with Crippen LogP contribution in [0.5, 0.6) is 0 Å². The molecule has 0 radical (unpaired) electrons. The Morgan fingerprint density at radius 3 is 2.64 bits per heavy atom. The number of likely N-dealkylation sites (N-methyl/N-ethyl adjacent to an activating group) is 1. The highest BCUT2D eigenvalue weighted by Crippen LogP contribution is 2.33. The summed E-state index contributed by atoms with van der Waals surface area (Å²) in [6, 6.07) is 5.38. The van der Waals surface area contributed by atoms with Crippen molar-refractivity contribution in [2.45, 2.75) is 38.3 Å². The number of amides is 1. The van der Waals surface area contributed by atoms with Gasteiger partial charge in [-0.15, -0.1) is 5.10 Å². The molecule has 8 heteroatoms. The summed E-state index contributed by atoms with van der Waals surface area (Å²) in [5, 5.41) is 21.5. The first-order valence-corrected chi connectivity index (χ1v) is 8.37. The number of aliphatic hydroxyl groups is 1. The van der Waals surface area contributed by atoms with Crippen molar-refractivity contribution in [3.8, 4) is 0 Å². The van der Waals surface area contributed by atoms with Crippen molar-refractivity contribution in [2.75, 3.05) is 13.6 Å². The van der Waals surface area contributed by atoms with Crippen molar-refractivity contribution in [1.29, 1.82) is 0 Å². The Labute approximate surface area is 145 Å². The van der Waals surface area contributed by atoms with Crippen LogP contribution in [0.25, 0.3) is 0 Å². The Hall–Kier alpha value is -2.35. The molecule has 0 saturated heterocycles. The summed E-state index contributed by atoms with van der Waals surface area (Å²) in [6.45, 7) is 2.01.